The minimum atomic E-state index is -0.549. The number of carbonyl (C=O) groups excluding carboxylic acids is 1. The fraction of sp³-hybridized carbons (Fsp3) is 0.333. The first kappa shape index (κ1) is 15.1. The van der Waals surface area contributed by atoms with Crippen molar-refractivity contribution in [3.63, 3.8) is 0 Å². The molecule has 1 rings (SSSR count). The number of nitrogens with zero attached hydrogens (tertiary/aromatic N) is 1. The summed E-state index contributed by atoms with van der Waals surface area (Å²) in [6, 6.07) is 2.55. The van der Waals surface area contributed by atoms with Gasteiger partial charge < -0.3 is 4.74 Å². The van der Waals surface area contributed by atoms with Crippen LogP contribution in [0.2, 0.25) is 0 Å². The molecular formula is C15H18FNO2. The maximum absolute atomic E-state index is 13.8. The van der Waals surface area contributed by atoms with Gasteiger partial charge in [-0.25, -0.2) is 14.2 Å². The van der Waals surface area contributed by atoms with Crippen LogP contribution in [0.15, 0.2) is 30.4 Å². The third kappa shape index (κ3) is 4.02. The Morgan fingerprint density at radius 2 is 2.05 bits per heavy atom. The van der Waals surface area contributed by atoms with E-state index in [1.807, 2.05) is 6.92 Å². The van der Waals surface area contributed by atoms with Gasteiger partial charge in [0, 0.05) is 0 Å². The van der Waals surface area contributed by atoms with Crippen LogP contribution in [0.1, 0.15) is 43.9 Å². The Hall–Kier alpha value is -1.97. The highest BCUT2D eigenvalue weighted by atomic mass is 19.1. The molecule has 0 aliphatic rings. The average Bonchev–Trinajstić information content (AvgIpc) is 2.36. The lowest BCUT2D eigenvalue weighted by Crippen LogP contribution is -2.14. The fourth-order valence-electron chi connectivity index (χ4n) is 1.52. The van der Waals surface area contributed by atoms with Gasteiger partial charge in [0.1, 0.15) is 17.2 Å². The zero-order valence-electron chi connectivity index (χ0n) is 11.6. The van der Waals surface area contributed by atoms with E-state index in [0.29, 0.717) is 5.57 Å². The molecule has 1 aromatic rings. The number of hydrogen-bond acceptors (Lipinski definition) is 3. The van der Waals surface area contributed by atoms with E-state index in [1.54, 1.807) is 39.0 Å². The van der Waals surface area contributed by atoms with E-state index in [0.717, 1.165) is 0 Å². The first-order valence-corrected chi connectivity index (χ1v) is 6.16. The normalized spacial score (nSPS) is 12.2. The van der Waals surface area contributed by atoms with Gasteiger partial charge in [-0.15, -0.1) is 0 Å². The first-order valence-electron chi connectivity index (χ1n) is 6.16. The molecule has 0 spiro atoms. The molecule has 0 saturated heterocycles. The minimum Gasteiger partial charge on any atom is -0.458 e. The SMILES string of the molecule is C/C=C\C(=C/C)c1nc(C(=O)OC(C)C)ccc1F. The summed E-state index contributed by atoms with van der Waals surface area (Å²) in [5.41, 5.74) is 0.881. The lowest BCUT2D eigenvalue weighted by Gasteiger charge is -2.09. The van der Waals surface area contributed by atoms with E-state index in [2.05, 4.69) is 4.98 Å². The quantitative estimate of drug-likeness (QED) is 0.613. The average molecular weight is 263 g/mol. The molecule has 0 N–H and O–H groups in total. The topological polar surface area (TPSA) is 39.2 Å². The molecule has 0 fully saturated rings. The second-order valence-electron chi connectivity index (χ2n) is 4.23. The smallest absolute Gasteiger partial charge is 0.357 e. The summed E-state index contributed by atoms with van der Waals surface area (Å²) in [6.07, 6.45) is 5.03. The van der Waals surface area contributed by atoms with Crippen LogP contribution >= 0.6 is 0 Å². The Bertz CT molecular complexity index is 519. The van der Waals surface area contributed by atoms with Crippen molar-refractivity contribution >= 4 is 11.5 Å². The maximum Gasteiger partial charge on any atom is 0.357 e. The van der Waals surface area contributed by atoms with E-state index in [4.69, 9.17) is 4.74 Å². The van der Waals surface area contributed by atoms with Crippen molar-refractivity contribution in [1.82, 2.24) is 4.98 Å². The second kappa shape index (κ2) is 6.83. The molecule has 4 heteroatoms. The molecule has 3 nitrogen and oxygen atoms in total. The zero-order chi connectivity index (χ0) is 14.4. The monoisotopic (exact) mass is 263 g/mol. The Morgan fingerprint density at radius 3 is 2.58 bits per heavy atom. The van der Waals surface area contributed by atoms with Crippen LogP contribution < -0.4 is 0 Å². The third-order valence-corrected chi connectivity index (χ3v) is 2.33. The lowest BCUT2D eigenvalue weighted by molar-refractivity contribution is 0.0370. The summed E-state index contributed by atoms with van der Waals surface area (Å²) in [5, 5.41) is 0. The number of hydrogen-bond donors (Lipinski definition) is 0. The minimum absolute atomic E-state index is 0.106. The number of rotatable bonds is 4. The highest BCUT2D eigenvalue weighted by Crippen LogP contribution is 2.18. The standard InChI is InChI=1S/C15H18FNO2/c1-5-7-11(6-2)14-12(16)8-9-13(17-14)15(18)19-10(3)4/h5-10H,1-4H3/b7-5-,11-6+. The Balaban J connectivity index is 3.17. The van der Waals surface area contributed by atoms with E-state index in [-0.39, 0.29) is 17.5 Å². The number of halogens is 1. The third-order valence-electron chi connectivity index (χ3n) is 2.33. The molecule has 0 bridgehead atoms. The molecule has 0 aliphatic heterocycles. The lowest BCUT2D eigenvalue weighted by atomic mass is 10.1. The van der Waals surface area contributed by atoms with E-state index >= 15 is 0 Å². The number of pyridine rings is 1. The number of allylic oxidation sites excluding steroid dienone is 4. The van der Waals surface area contributed by atoms with Gasteiger partial charge in [-0.2, -0.15) is 0 Å². The fourth-order valence-corrected chi connectivity index (χ4v) is 1.52. The van der Waals surface area contributed by atoms with Gasteiger partial charge in [0.05, 0.1) is 6.10 Å². The molecule has 0 saturated carbocycles. The molecule has 0 unspecified atom stereocenters. The van der Waals surface area contributed by atoms with Crippen LogP contribution in [-0.2, 0) is 4.74 Å². The van der Waals surface area contributed by atoms with Crippen LogP contribution in [0.3, 0.4) is 0 Å². The van der Waals surface area contributed by atoms with Gasteiger partial charge in [-0.3, -0.25) is 0 Å². The molecular weight excluding hydrogens is 245 g/mol. The molecule has 0 atom stereocenters. The van der Waals surface area contributed by atoms with Crippen molar-refractivity contribution in [3.05, 3.63) is 47.6 Å². The number of esters is 1. The van der Waals surface area contributed by atoms with Gasteiger partial charge >= 0.3 is 5.97 Å². The summed E-state index contributed by atoms with van der Waals surface area (Å²) in [7, 11) is 0. The highest BCUT2D eigenvalue weighted by Gasteiger charge is 2.15. The predicted octanol–water partition coefficient (Wildman–Crippen LogP) is 3.77. The number of ether oxygens (including phenoxy) is 1. The van der Waals surface area contributed by atoms with E-state index < -0.39 is 11.8 Å². The zero-order valence-corrected chi connectivity index (χ0v) is 11.6. The maximum atomic E-state index is 13.8. The molecule has 102 valence electrons. The molecule has 19 heavy (non-hydrogen) atoms. The Morgan fingerprint density at radius 1 is 1.37 bits per heavy atom. The summed E-state index contributed by atoms with van der Waals surface area (Å²) >= 11 is 0. The second-order valence-corrected chi connectivity index (χ2v) is 4.23. The van der Waals surface area contributed by atoms with Crippen molar-refractivity contribution in [2.75, 3.05) is 0 Å². The Kier molecular flexibility index (Phi) is 5.42. The molecule has 0 radical (unpaired) electrons. The van der Waals surface area contributed by atoms with Crippen LogP contribution in [0.4, 0.5) is 4.39 Å². The highest BCUT2D eigenvalue weighted by molar-refractivity contribution is 5.88. The summed E-state index contributed by atoms with van der Waals surface area (Å²) in [5.74, 6) is -1.01. The van der Waals surface area contributed by atoms with Crippen molar-refractivity contribution < 1.29 is 13.9 Å². The molecule has 0 aliphatic carbocycles. The van der Waals surface area contributed by atoms with Gasteiger partial charge in [0.2, 0.25) is 0 Å². The number of aromatic nitrogens is 1. The molecule has 1 aromatic heterocycles. The summed E-state index contributed by atoms with van der Waals surface area (Å²) < 4.78 is 18.8. The molecule has 0 amide bonds. The molecule has 1 heterocycles. The summed E-state index contributed by atoms with van der Waals surface area (Å²) in [6.45, 7) is 7.12. The van der Waals surface area contributed by atoms with Gasteiger partial charge in [0.15, 0.2) is 0 Å². The van der Waals surface area contributed by atoms with Crippen LogP contribution in [-0.4, -0.2) is 17.1 Å². The van der Waals surface area contributed by atoms with Crippen LogP contribution in [0.25, 0.3) is 5.57 Å². The van der Waals surface area contributed by atoms with Crippen molar-refractivity contribution in [1.29, 1.82) is 0 Å². The van der Waals surface area contributed by atoms with E-state index in [9.17, 15) is 9.18 Å². The van der Waals surface area contributed by atoms with Crippen LogP contribution in [0.5, 0.6) is 0 Å². The summed E-state index contributed by atoms with van der Waals surface area (Å²) in [4.78, 5) is 15.8. The van der Waals surface area contributed by atoms with Gasteiger partial charge in [0.25, 0.3) is 0 Å². The van der Waals surface area contributed by atoms with Crippen molar-refractivity contribution in [3.8, 4) is 0 Å². The van der Waals surface area contributed by atoms with Crippen molar-refractivity contribution in [2.24, 2.45) is 0 Å². The van der Waals surface area contributed by atoms with E-state index in [1.165, 1.54) is 12.1 Å². The Labute approximate surface area is 112 Å². The molecule has 0 aromatic carbocycles. The predicted molar refractivity (Wildman–Crippen MR) is 73.2 cm³/mol. The van der Waals surface area contributed by atoms with Crippen molar-refractivity contribution in [2.45, 2.75) is 33.8 Å². The van der Waals surface area contributed by atoms with Gasteiger partial charge in [-0.05, 0) is 45.4 Å². The largest absolute Gasteiger partial charge is 0.458 e. The van der Waals surface area contributed by atoms with Crippen LogP contribution in [0, 0.1) is 5.82 Å². The first-order chi connectivity index (χ1) is 8.99. The number of carbonyl (C=O) groups is 1. The van der Waals surface area contributed by atoms with Gasteiger partial charge in [-0.1, -0.05) is 18.2 Å².